The highest BCUT2D eigenvalue weighted by atomic mass is 32.2. The fraction of sp³-hybridized carbons (Fsp3) is 0.273. The minimum atomic E-state index is 0.793. The quantitative estimate of drug-likeness (QED) is 0.652. The van der Waals surface area contributed by atoms with Crippen LogP contribution >= 0.6 is 11.8 Å². The van der Waals surface area contributed by atoms with Crippen molar-refractivity contribution in [3.05, 3.63) is 35.7 Å². The summed E-state index contributed by atoms with van der Waals surface area (Å²) in [5, 5.41) is 7.93. The maximum atomic E-state index is 5.99. The van der Waals surface area contributed by atoms with Gasteiger partial charge in [0.2, 0.25) is 0 Å². The van der Waals surface area contributed by atoms with Crippen LogP contribution in [0.15, 0.2) is 29.3 Å². The number of benzene rings is 1. The van der Waals surface area contributed by atoms with Crippen LogP contribution in [0, 0.1) is 6.92 Å². The predicted molar refractivity (Wildman–Crippen MR) is 66.2 cm³/mol. The Balaban J connectivity index is 2.07. The molecule has 4 nitrogen and oxygen atoms in total. The summed E-state index contributed by atoms with van der Waals surface area (Å²) in [5.41, 5.74) is 8.93. The third-order valence-electron chi connectivity index (χ3n) is 2.31. The molecular formula is C11H14N4S. The van der Waals surface area contributed by atoms with Crippen molar-refractivity contribution in [2.24, 2.45) is 7.05 Å². The van der Waals surface area contributed by atoms with Crippen LogP contribution in [-0.2, 0) is 12.8 Å². The molecule has 84 valence electrons. The van der Waals surface area contributed by atoms with Gasteiger partial charge in [0, 0.05) is 29.6 Å². The molecule has 0 fully saturated rings. The summed E-state index contributed by atoms with van der Waals surface area (Å²) in [6.45, 7) is 2.02. The average Bonchev–Trinajstić information content (AvgIpc) is 2.67. The number of rotatable bonds is 3. The molecule has 0 radical (unpaired) electrons. The molecule has 0 bridgehead atoms. The molecule has 0 aliphatic rings. The van der Waals surface area contributed by atoms with E-state index in [9.17, 15) is 0 Å². The topological polar surface area (TPSA) is 56.7 Å². The maximum Gasteiger partial charge on any atom is 0.0929 e. The molecule has 0 amide bonds. The number of nitrogen functional groups attached to an aromatic ring is 1. The third kappa shape index (κ3) is 2.36. The van der Waals surface area contributed by atoms with Crippen LogP contribution in [0.3, 0.4) is 0 Å². The second kappa shape index (κ2) is 4.57. The summed E-state index contributed by atoms with van der Waals surface area (Å²) in [6, 6.07) is 6.07. The molecule has 2 aromatic rings. The second-order valence-corrected chi connectivity index (χ2v) is 4.68. The van der Waals surface area contributed by atoms with E-state index in [4.69, 9.17) is 5.73 Å². The monoisotopic (exact) mass is 234 g/mol. The average molecular weight is 234 g/mol. The maximum absolute atomic E-state index is 5.99. The highest BCUT2D eigenvalue weighted by Crippen LogP contribution is 2.29. The zero-order valence-corrected chi connectivity index (χ0v) is 10.2. The molecule has 2 rings (SSSR count). The minimum Gasteiger partial charge on any atom is -0.398 e. The van der Waals surface area contributed by atoms with E-state index < -0.39 is 0 Å². The fourth-order valence-electron chi connectivity index (χ4n) is 1.39. The number of hydrogen-bond acceptors (Lipinski definition) is 4. The first kappa shape index (κ1) is 11.0. The SMILES string of the molecule is Cc1cccc(SCc2cn(C)nn2)c1N. The van der Waals surface area contributed by atoms with Crippen molar-refractivity contribution >= 4 is 17.4 Å². The van der Waals surface area contributed by atoms with Gasteiger partial charge in [-0.2, -0.15) is 0 Å². The molecule has 5 heteroatoms. The number of aryl methyl sites for hydroxylation is 2. The summed E-state index contributed by atoms with van der Waals surface area (Å²) in [7, 11) is 1.86. The van der Waals surface area contributed by atoms with Crippen molar-refractivity contribution in [1.29, 1.82) is 0 Å². The second-order valence-electron chi connectivity index (χ2n) is 3.66. The molecular weight excluding hydrogens is 220 g/mol. The first-order chi connectivity index (χ1) is 7.66. The van der Waals surface area contributed by atoms with Gasteiger partial charge >= 0.3 is 0 Å². The first-order valence-electron chi connectivity index (χ1n) is 5.00. The van der Waals surface area contributed by atoms with E-state index >= 15 is 0 Å². The van der Waals surface area contributed by atoms with E-state index in [0.717, 1.165) is 27.6 Å². The number of hydrogen-bond donors (Lipinski definition) is 1. The Hall–Kier alpha value is -1.49. The van der Waals surface area contributed by atoms with E-state index in [2.05, 4.69) is 10.3 Å². The minimum absolute atomic E-state index is 0.793. The number of para-hydroxylation sites is 1. The fourth-order valence-corrected chi connectivity index (χ4v) is 2.32. The number of aromatic nitrogens is 3. The molecule has 1 aromatic heterocycles. The van der Waals surface area contributed by atoms with E-state index in [1.54, 1.807) is 16.4 Å². The van der Waals surface area contributed by atoms with Crippen LogP contribution in [0.5, 0.6) is 0 Å². The molecule has 1 heterocycles. The Morgan fingerprint density at radius 3 is 2.94 bits per heavy atom. The zero-order chi connectivity index (χ0) is 11.5. The van der Waals surface area contributed by atoms with Gasteiger partial charge < -0.3 is 5.73 Å². The Labute approximate surface area is 98.8 Å². The van der Waals surface area contributed by atoms with Crippen molar-refractivity contribution < 1.29 is 0 Å². The van der Waals surface area contributed by atoms with E-state index in [0.29, 0.717) is 0 Å². The molecule has 0 unspecified atom stereocenters. The number of thioether (sulfide) groups is 1. The van der Waals surface area contributed by atoms with Gasteiger partial charge in [-0.25, -0.2) is 0 Å². The Morgan fingerprint density at radius 1 is 1.44 bits per heavy atom. The van der Waals surface area contributed by atoms with Gasteiger partial charge in [-0.1, -0.05) is 17.3 Å². The van der Waals surface area contributed by atoms with Crippen molar-refractivity contribution in [2.75, 3.05) is 5.73 Å². The lowest BCUT2D eigenvalue weighted by Gasteiger charge is -2.06. The lowest BCUT2D eigenvalue weighted by molar-refractivity contribution is 0.714. The van der Waals surface area contributed by atoms with E-state index in [1.165, 1.54) is 0 Å². The Bertz CT molecular complexity index is 492. The predicted octanol–water partition coefficient (Wildman–Crippen LogP) is 2.00. The number of nitrogens with zero attached hydrogens (tertiary/aromatic N) is 3. The van der Waals surface area contributed by atoms with Crippen LogP contribution in [0.1, 0.15) is 11.3 Å². The van der Waals surface area contributed by atoms with Crippen LogP contribution in [0.25, 0.3) is 0 Å². The van der Waals surface area contributed by atoms with Gasteiger partial charge in [-0.3, -0.25) is 4.68 Å². The largest absolute Gasteiger partial charge is 0.398 e. The summed E-state index contributed by atoms with van der Waals surface area (Å²) < 4.78 is 1.70. The lowest BCUT2D eigenvalue weighted by atomic mass is 10.2. The molecule has 1 aromatic carbocycles. The smallest absolute Gasteiger partial charge is 0.0929 e. The normalized spacial score (nSPS) is 10.6. The van der Waals surface area contributed by atoms with Gasteiger partial charge in [-0.15, -0.1) is 16.9 Å². The molecule has 2 N–H and O–H groups in total. The van der Waals surface area contributed by atoms with Gasteiger partial charge in [0.1, 0.15) is 0 Å². The van der Waals surface area contributed by atoms with Gasteiger partial charge in [0.05, 0.1) is 5.69 Å². The molecule has 0 saturated carbocycles. The zero-order valence-electron chi connectivity index (χ0n) is 9.34. The van der Waals surface area contributed by atoms with Crippen LogP contribution in [-0.4, -0.2) is 15.0 Å². The van der Waals surface area contributed by atoms with E-state index in [1.807, 2.05) is 38.4 Å². The standard InChI is InChI=1S/C11H14N4S/c1-8-4-3-5-10(11(8)12)16-7-9-6-15(2)14-13-9/h3-6H,7,12H2,1-2H3. The van der Waals surface area contributed by atoms with Gasteiger partial charge in [0.25, 0.3) is 0 Å². The number of nitrogens with two attached hydrogens (primary N) is 1. The van der Waals surface area contributed by atoms with Crippen molar-refractivity contribution in [3.8, 4) is 0 Å². The Morgan fingerprint density at radius 2 is 2.25 bits per heavy atom. The Kier molecular flexibility index (Phi) is 3.14. The van der Waals surface area contributed by atoms with E-state index in [-0.39, 0.29) is 0 Å². The van der Waals surface area contributed by atoms with Crippen molar-refractivity contribution in [1.82, 2.24) is 15.0 Å². The summed E-state index contributed by atoms with van der Waals surface area (Å²) >= 11 is 1.69. The molecule has 16 heavy (non-hydrogen) atoms. The summed E-state index contributed by atoms with van der Waals surface area (Å²) in [6.07, 6.45) is 1.92. The lowest BCUT2D eigenvalue weighted by Crippen LogP contribution is -1.92. The van der Waals surface area contributed by atoms with Crippen molar-refractivity contribution in [2.45, 2.75) is 17.6 Å². The molecule has 0 spiro atoms. The molecule has 0 aliphatic heterocycles. The first-order valence-corrected chi connectivity index (χ1v) is 5.98. The molecule has 0 aliphatic carbocycles. The molecule has 0 atom stereocenters. The molecule has 0 saturated heterocycles. The highest BCUT2D eigenvalue weighted by Gasteiger charge is 2.04. The summed E-state index contributed by atoms with van der Waals surface area (Å²) in [4.78, 5) is 1.10. The van der Waals surface area contributed by atoms with Crippen LogP contribution in [0.4, 0.5) is 5.69 Å². The van der Waals surface area contributed by atoms with Gasteiger partial charge in [0.15, 0.2) is 0 Å². The number of anilines is 1. The summed E-state index contributed by atoms with van der Waals surface area (Å²) in [5.74, 6) is 0.793. The van der Waals surface area contributed by atoms with Crippen LogP contribution < -0.4 is 5.73 Å². The van der Waals surface area contributed by atoms with Crippen molar-refractivity contribution in [3.63, 3.8) is 0 Å². The highest BCUT2D eigenvalue weighted by molar-refractivity contribution is 7.98. The third-order valence-corrected chi connectivity index (χ3v) is 3.42. The van der Waals surface area contributed by atoms with Crippen LogP contribution in [0.2, 0.25) is 0 Å². The van der Waals surface area contributed by atoms with Gasteiger partial charge in [-0.05, 0) is 18.6 Å².